The summed E-state index contributed by atoms with van der Waals surface area (Å²) in [6.07, 6.45) is 3.66. The molecule has 0 radical (unpaired) electrons. The molecule has 3 rings (SSSR count). The zero-order valence-corrected chi connectivity index (χ0v) is 10.3. The third kappa shape index (κ3) is 1.90. The maximum absolute atomic E-state index is 6.16. The first-order valence-electron chi connectivity index (χ1n) is 5.12. The van der Waals surface area contributed by atoms with Crippen molar-refractivity contribution in [3.8, 4) is 11.1 Å². The number of nitrogens with zero attached hydrogens (tertiary/aromatic N) is 1. The van der Waals surface area contributed by atoms with Gasteiger partial charge in [0.05, 0.1) is 11.0 Å². The van der Waals surface area contributed by atoms with Gasteiger partial charge in [-0.1, -0.05) is 23.2 Å². The molecule has 1 N–H and O–H groups in total. The van der Waals surface area contributed by atoms with Crippen LogP contribution in [0.15, 0.2) is 42.7 Å². The monoisotopic (exact) mass is 262 g/mol. The molecule has 0 saturated heterocycles. The van der Waals surface area contributed by atoms with Gasteiger partial charge in [0.1, 0.15) is 0 Å². The van der Waals surface area contributed by atoms with Crippen molar-refractivity contribution in [1.82, 2.24) is 9.97 Å². The van der Waals surface area contributed by atoms with Gasteiger partial charge in [-0.25, -0.2) is 0 Å². The number of hydrogen-bond acceptors (Lipinski definition) is 1. The molecule has 2 heterocycles. The van der Waals surface area contributed by atoms with Crippen molar-refractivity contribution in [1.29, 1.82) is 0 Å². The first-order valence-corrected chi connectivity index (χ1v) is 5.88. The molecule has 0 aliphatic carbocycles. The van der Waals surface area contributed by atoms with Crippen LogP contribution >= 0.6 is 23.2 Å². The standard InChI is InChI=1S/C13H8Cl2N2/c14-9-1-2-11(15)10(6-9)8-5-13-12(17-7-8)3-4-16-13/h1-7,16H. The summed E-state index contributed by atoms with van der Waals surface area (Å²) in [6.45, 7) is 0. The Labute approximate surface area is 108 Å². The van der Waals surface area contributed by atoms with Crippen LogP contribution in [0.3, 0.4) is 0 Å². The number of nitrogens with one attached hydrogen (secondary N) is 1. The highest BCUT2D eigenvalue weighted by atomic mass is 35.5. The summed E-state index contributed by atoms with van der Waals surface area (Å²) in [4.78, 5) is 7.48. The van der Waals surface area contributed by atoms with E-state index in [1.54, 1.807) is 18.3 Å². The summed E-state index contributed by atoms with van der Waals surface area (Å²) < 4.78 is 0. The zero-order chi connectivity index (χ0) is 11.8. The number of halogens is 2. The lowest BCUT2D eigenvalue weighted by molar-refractivity contribution is 1.40. The largest absolute Gasteiger partial charge is 0.360 e. The van der Waals surface area contributed by atoms with Crippen molar-refractivity contribution >= 4 is 34.2 Å². The highest BCUT2D eigenvalue weighted by Crippen LogP contribution is 2.31. The molecule has 0 spiro atoms. The van der Waals surface area contributed by atoms with Gasteiger partial charge in [0, 0.05) is 33.6 Å². The summed E-state index contributed by atoms with van der Waals surface area (Å²) in [7, 11) is 0. The summed E-state index contributed by atoms with van der Waals surface area (Å²) in [5, 5.41) is 1.33. The average molecular weight is 263 g/mol. The smallest absolute Gasteiger partial charge is 0.0879 e. The Hall–Kier alpha value is -1.51. The Balaban J connectivity index is 2.22. The van der Waals surface area contributed by atoms with Gasteiger partial charge in [-0.2, -0.15) is 0 Å². The van der Waals surface area contributed by atoms with Crippen molar-refractivity contribution in [2.45, 2.75) is 0 Å². The van der Waals surface area contributed by atoms with Crippen LogP contribution in [-0.4, -0.2) is 9.97 Å². The minimum Gasteiger partial charge on any atom is -0.360 e. The van der Waals surface area contributed by atoms with E-state index in [4.69, 9.17) is 23.2 Å². The maximum atomic E-state index is 6.16. The van der Waals surface area contributed by atoms with Crippen molar-refractivity contribution < 1.29 is 0 Å². The van der Waals surface area contributed by atoms with E-state index in [9.17, 15) is 0 Å². The van der Waals surface area contributed by atoms with E-state index in [0.29, 0.717) is 10.0 Å². The van der Waals surface area contributed by atoms with Crippen molar-refractivity contribution in [3.63, 3.8) is 0 Å². The van der Waals surface area contributed by atoms with Crippen LogP contribution in [-0.2, 0) is 0 Å². The van der Waals surface area contributed by atoms with Crippen LogP contribution in [0.5, 0.6) is 0 Å². The van der Waals surface area contributed by atoms with E-state index in [0.717, 1.165) is 22.2 Å². The molecule has 0 amide bonds. The maximum Gasteiger partial charge on any atom is 0.0879 e. The Bertz CT molecular complexity index is 689. The molecular weight excluding hydrogens is 255 g/mol. The lowest BCUT2D eigenvalue weighted by Crippen LogP contribution is -1.83. The van der Waals surface area contributed by atoms with Crippen molar-refractivity contribution in [2.24, 2.45) is 0 Å². The van der Waals surface area contributed by atoms with Crippen LogP contribution in [0.1, 0.15) is 0 Å². The second-order valence-corrected chi connectivity index (χ2v) is 4.60. The number of hydrogen-bond donors (Lipinski definition) is 1. The number of aromatic nitrogens is 2. The predicted molar refractivity (Wildman–Crippen MR) is 71.5 cm³/mol. The van der Waals surface area contributed by atoms with Crippen LogP contribution in [0.25, 0.3) is 22.2 Å². The summed E-state index contributed by atoms with van der Waals surface area (Å²) in [5.74, 6) is 0. The first-order chi connectivity index (χ1) is 8.24. The molecule has 4 heteroatoms. The van der Waals surface area contributed by atoms with Gasteiger partial charge in [-0.15, -0.1) is 0 Å². The number of H-pyrrole nitrogens is 1. The van der Waals surface area contributed by atoms with Crippen LogP contribution in [0.2, 0.25) is 10.0 Å². The number of rotatable bonds is 1. The minimum absolute atomic E-state index is 0.663. The van der Waals surface area contributed by atoms with E-state index in [1.807, 2.05) is 24.4 Å². The molecule has 0 unspecified atom stereocenters. The molecule has 17 heavy (non-hydrogen) atoms. The fourth-order valence-corrected chi connectivity index (χ4v) is 2.20. The Kier molecular flexibility index (Phi) is 2.54. The highest BCUT2D eigenvalue weighted by molar-refractivity contribution is 6.35. The van der Waals surface area contributed by atoms with E-state index >= 15 is 0 Å². The van der Waals surface area contributed by atoms with E-state index in [1.165, 1.54) is 0 Å². The first kappa shape index (κ1) is 10.6. The van der Waals surface area contributed by atoms with E-state index < -0.39 is 0 Å². The van der Waals surface area contributed by atoms with Gasteiger partial charge in [-0.3, -0.25) is 4.98 Å². The van der Waals surface area contributed by atoms with Crippen molar-refractivity contribution in [3.05, 3.63) is 52.8 Å². The van der Waals surface area contributed by atoms with Gasteiger partial charge < -0.3 is 4.98 Å². The average Bonchev–Trinajstić information content (AvgIpc) is 2.79. The minimum atomic E-state index is 0.663. The second kappa shape index (κ2) is 4.06. The van der Waals surface area contributed by atoms with E-state index in [-0.39, 0.29) is 0 Å². The number of aromatic amines is 1. The van der Waals surface area contributed by atoms with Gasteiger partial charge in [-0.05, 0) is 30.3 Å². The van der Waals surface area contributed by atoms with Crippen LogP contribution < -0.4 is 0 Å². The molecule has 2 aromatic heterocycles. The topological polar surface area (TPSA) is 28.7 Å². The van der Waals surface area contributed by atoms with Gasteiger partial charge in [0.2, 0.25) is 0 Å². The third-order valence-corrected chi connectivity index (χ3v) is 3.20. The van der Waals surface area contributed by atoms with Crippen molar-refractivity contribution in [2.75, 3.05) is 0 Å². The molecule has 84 valence electrons. The number of benzene rings is 1. The normalized spacial score (nSPS) is 10.9. The summed E-state index contributed by atoms with van der Waals surface area (Å²) in [5.41, 5.74) is 3.76. The Morgan fingerprint density at radius 1 is 1.06 bits per heavy atom. The summed E-state index contributed by atoms with van der Waals surface area (Å²) >= 11 is 12.1. The molecule has 2 nitrogen and oxygen atoms in total. The Morgan fingerprint density at radius 3 is 2.82 bits per heavy atom. The molecule has 1 aromatic carbocycles. The lowest BCUT2D eigenvalue weighted by atomic mass is 10.1. The fraction of sp³-hybridized carbons (Fsp3) is 0. The quantitative estimate of drug-likeness (QED) is 0.686. The summed E-state index contributed by atoms with van der Waals surface area (Å²) in [6, 6.07) is 9.35. The predicted octanol–water partition coefficient (Wildman–Crippen LogP) is 4.54. The molecular formula is C13H8Cl2N2. The highest BCUT2D eigenvalue weighted by Gasteiger charge is 2.06. The van der Waals surface area contributed by atoms with Gasteiger partial charge in [0.15, 0.2) is 0 Å². The van der Waals surface area contributed by atoms with E-state index in [2.05, 4.69) is 9.97 Å². The van der Waals surface area contributed by atoms with Gasteiger partial charge in [0.25, 0.3) is 0 Å². The fourth-order valence-electron chi connectivity index (χ4n) is 1.80. The molecule has 0 atom stereocenters. The molecule has 0 aliphatic heterocycles. The molecule has 3 aromatic rings. The molecule has 0 fully saturated rings. The zero-order valence-electron chi connectivity index (χ0n) is 8.74. The SMILES string of the molecule is Clc1ccc(Cl)c(-c2cnc3cc[nH]c3c2)c1. The molecule has 0 saturated carbocycles. The molecule has 0 aliphatic rings. The van der Waals surface area contributed by atoms with Gasteiger partial charge >= 0.3 is 0 Å². The third-order valence-electron chi connectivity index (χ3n) is 2.64. The Morgan fingerprint density at radius 2 is 1.94 bits per heavy atom. The lowest BCUT2D eigenvalue weighted by Gasteiger charge is -2.04. The van der Waals surface area contributed by atoms with Crippen LogP contribution in [0, 0.1) is 0 Å². The number of fused-ring (bicyclic) bond motifs is 1. The number of pyridine rings is 1. The molecule has 0 bridgehead atoms. The van der Waals surface area contributed by atoms with Crippen LogP contribution in [0.4, 0.5) is 0 Å². The second-order valence-electron chi connectivity index (χ2n) is 3.76.